The van der Waals surface area contributed by atoms with Crippen LogP contribution >= 0.6 is 0 Å². The van der Waals surface area contributed by atoms with Crippen LogP contribution in [0.3, 0.4) is 0 Å². The molecular weight excluding hydrogens is 338 g/mol. The summed E-state index contributed by atoms with van der Waals surface area (Å²) in [6, 6.07) is 5.55. The van der Waals surface area contributed by atoms with Gasteiger partial charge in [0, 0.05) is 5.71 Å². The second-order valence-corrected chi connectivity index (χ2v) is 8.59. The summed E-state index contributed by atoms with van der Waals surface area (Å²) in [6.07, 6.45) is 7.47. The molecule has 0 aliphatic heterocycles. The van der Waals surface area contributed by atoms with Crippen LogP contribution in [-0.2, 0) is 14.8 Å². The molecule has 1 aliphatic rings. The van der Waals surface area contributed by atoms with Gasteiger partial charge in [-0.3, -0.25) is 9.10 Å². The average molecular weight is 365 g/mol. The zero-order chi connectivity index (χ0) is 18.4. The van der Waals surface area contributed by atoms with E-state index in [9.17, 15) is 13.2 Å². The summed E-state index contributed by atoms with van der Waals surface area (Å²) < 4.78 is 25.5. The van der Waals surface area contributed by atoms with Crippen molar-refractivity contribution in [1.29, 1.82) is 0 Å². The Balaban J connectivity index is 2.13. The predicted octanol–water partition coefficient (Wildman–Crippen LogP) is 2.90. The molecule has 0 atom stereocenters. The highest BCUT2D eigenvalue weighted by Gasteiger charge is 2.22. The molecule has 1 saturated carbocycles. The summed E-state index contributed by atoms with van der Waals surface area (Å²) in [6.45, 7) is 3.44. The summed E-state index contributed by atoms with van der Waals surface area (Å²) in [5, 5.41) is 4.21. The lowest BCUT2D eigenvalue weighted by atomic mass is 10.1. The van der Waals surface area contributed by atoms with Gasteiger partial charge in [0.2, 0.25) is 10.0 Å². The molecule has 1 aliphatic carbocycles. The molecule has 6 nitrogen and oxygen atoms in total. The first-order valence-electron chi connectivity index (χ1n) is 8.66. The van der Waals surface area contributed by atoms with Crippen molar-refractivity contribution >= 4 is 27.3 Å². The molecule has 0 spiro atoms. The number of anilines is 1. The lowest BCUT2D eigenvalue weighted by Gasteiger charge is -2.23. The normalized spacial score (nSPS) is 15.4. The Kier molecular flexibility index (Phi) is 6.58. The van der Waals surface area contributed by atoms with Crippen LogP contribution in [0.2, 0.25) is 0 Å². The van der Waals surface area contributed by atoms with Crippen LogP contribution in [0.15, 0.2) is 23.3 Å². The van der Waals surface area contributed by atoms with Gasteiger partial charge in [0.15, 0.2) is 0 Å². The van der Waals surface area contributed by atoms with E-state index in [1.807, 2.05) is 26.0 Å². The van der Waals surface area contributed by atoms with E-state index < -0.39 is 15.9 Å². The van der Waals surface area contributed by atoms with Crippen molar-refractivity contribution in [3.05, 3.63) is 29.3 Å². The fourth-order valence-corrected chi connectivity index (χ4v) is 3.83. The summed E-state index contributed by atoms with van der Waals surface area (Å²) in [4.78, 5) is 12.3. The number of amides is 1. The quantitative estimate of drug-likeness (QED) is 0.644. The van der Waals surface area contributed by atoms with Crippen LogP contribution in [-0.4, -0.2) is 32.8 Å². The maximum Gasteiger partial charge on any atom is 0.260 e. The van der Waals surface area contributed by atoms with E-state index in [0.29, 0.717) is 5.69 Å². The van der Waals surface area contributed by atoms with Gasteiger partial charge in [-0.1, -0.05) is 25.0 Å². The van der Waals surface area contributed by atoms with Crippen molar-refractivity contribution in [2.24, 2.45) is 5.10 Å². The number of aryl methyl sites for hydroxylation is 2. The molecule has 25 heavy (non-hydrogen) atoms. The van der Waals surface area contributed by atoms with Crippen LogP contribution in [0.25, 0.3) is 0 Å². The molecule has 138 valence electrons. The number of carbonyl (C=O) groups excluding carboxylic acids is 1. The van der Waals surface area contributed by atoms with E-state index in [2.05, 4.69) is 10.5 Å². The standard InChI is InChI=1S/C18H27N3O3S/c1-14-10-11-15(2)17(12-14)21(25(3,23)24)13-18(22)20-19-16-8-6-4-5-7-9-16/h10-12H,4-9,13H2,1-3H3,(H,20,22). The van der Waals surface area contributed by atoms with Gasteiger partial charge in [-0.2, -0.15) is 5.10 Å². The zero-order valence-corrected chi connectivity index (χ0v) is 16.0. The lowest BCUT2D eigenvalue weighted by molar-refractivity contribution is -0.119. The average Bonchev–Trinajstić information content (AvgIpc) is 2.81. The number of benzene rings is 1. The molecule has 0 aromatic heterocycles. The number of nitrogens with one attached hydrogen (secondary N) is 1. The Morgan fingerprint density at radius 3 is 2.40 bits per heavy atom. The molecule has 0 saturated heterocycles. The van der Waals surface area contributed by atoms with Gasteiger partial charge in [0.25, 0.3) is 5.91 Å². The summed E-state index contributed by atoms with van der Waals surface area (Å²) in [7, 11) is -3.58. The first kappa shape index (κ1) is 19.4. The number of carbonyl (C=O) groups is 1. The number of hydrogen-bond acceptors (Lipinski definition) is 4. The van der Waals surface area contributed by atoms with Gasteiger partial charge in [0.05, 0.1) is 11.9 Å². The smallest absolute Gasteiger partial charge is 0.260 e. The highest BCUT2D eigenvalue weighted by atomic mass is 32.2. The summed E-state index contributed by atoms with van der Waals surface area (Å²) in [5.41, 5.74) is 5.79. The minimum Gasteiger partial charge on any atom is -0.271 e. The molecule has 1 N–H and O–H groups in total. The van der Waals surface area contributed by atoms with E-state index in [0.717, 1.165) is 53.1 Å². The van der Waals surface area contributed by atoms with Crippen molar-refractivity contribution in [3.63, 3.8) is 0 Å². The van der Waals surface area contributed by atoms with Crippen LogP contribution < -0.4 is 9.73 Å². The molecular formula is C18H27N3O3S. The second kappa shape index (κ2) is 8.47. The minimum atomic E-state index is -3.58. The Morgan fingerprint density at radius 1 is 1.16 bits per heavy atom. The third kappa shape index (κ3) is 5.85. The number of nitrogens with zero attached hydrogens (tertiary/aromatic N) is 2. The molecule has 1 amide bonds. The molecule has 1 aromatic carbocycles. The molecule has 0 heterocycles. The number of hydrazone groups is 1. The van der Waals surface area contributed by atoms with Crippen LogP contribution in [0.4, 0.5) is 5.69 Å². The van der Waals surface area contributed by atoms with Gasteiger partial charge in [-0.25, -0.2) is 13.8 Å². The van der Waals surface area contributed by atoms with E-state index in [-0.39, 0.29) is 6.54 Å². The van der Waals surface area contributed by atoms with Crippen molar-refractivity contribution in [2.75, 3.05) is 17.1 Å². The summed E-state index contributed by atoms with van der Waals surface area (Å²) >= 11 is 0. The summed E-state index contributed by atoms with van der Waals surface area (Å²) in [5.74, 6) is -0.428. The highest BCUT2D eigenvalue weighted by Crippen LogP contribution is 2.23. The van der Waals surface area contributed by atoms with Crippen molar-refractivity contribution < 1.29 is 13.2 Å². The Hall–Kier alpha value is -1.89. The second-order valence-electron chi connectivity index (χ2n) is 6.69. The molecule has 7 heteroatoms. The van der Waals surface area contributed by atoms with E-state index in [4.69, 9.17) is 0 Å². The first-order chi connectivity index (χ1) is 11.8. The SMILES string of the molecule is Cc1ccc(C)c(N(CC(=O)NN=C2CCCCCC2)S(C)(=O)=O)c1. The highest BCUT2D eigenvalue weighted by molar-refractivity contribution is 7.92. The Morgan fingerprint density at radius 2 is 1.80 bits per heavy atom. The van der Waals surface area contributed by atoms with Gasteiger partial charge >= 0.3 is 0 Å². The predicted molar refractivity (Wildman–Crippen MR) is 101 cm³/mol. The van der Waals surface area contributed by atoms with Crippen molar-refractivity contribution in [1.82, 2.24) is 5.43 Å². The lowest BCUT2D eigenvalue weighted by Crippen LogP contribution is -2.39. The minimum absolute atomic E-state index is 0.278. The third-order valence-corrected chi connectivity index (χ3v) is 5.47. The topological polar surface area (TPSA) is 78.8 Å². The molecule has 1 aromatic rings. The molecule has 1 fully saturated rings. The molecule has 2 rings (SSSR count). The van der Waals surface area contributed by atoms with Crippen LogP contribution in [0, 0.1) is 13.8 Å². The molecule has 0 unspecified atom stereocenters. The molecule has 0 radical (unpaired) electrons. The first-order valence-corrected chi connectivity index (χ1v) is 10.5. The van der Waals surface area contributed by atoms with Crippen molar-refractivity contribution in [2.45, 2.75) is 52.4 Å². The van der Waals surface area contributed by atoms with Crippen LogP contribution in [0.5, 0.6) is 0 Å². The number of sulfonamides is 1. The van der Waals surface area contributed by atoms with Gasteiger partial charge in [0.1, 0.15) is 6.54 Å². The largest absolute Gasteiger partial charge is 0.271 e. The third-order valence-electron chi connectivity index (χ3n) is 4.34. The number of hydrogen-bond donors (Lipinski definition) is 1. The van der Waals surface area contributed by atoms with Crippen molar-refractivity contribution in [3.8, 4) is 0 Å². The van der Waals surface area contributed by atoms with Gasteiger partial charge in [-0.05, 0) is 56.7 Å². The van der Waals surface area contributed by atoms with E-state index in [1.165, 1.54) is 12.8 Å². The fourth-order valence-electron chi connectivity index (χ4n) is 2.92. The maximum atomic E-state index is 12.3. The Labute approximate surface area is 150 Å². The monoisotopic (exact) mass is 365 g/mol. The van der Waals surface area contributed by atoms with Gasteiger partial charge < -0.3 is 0 Å². The fraction of sp³-hybridized carbons (Fsp3) is 0.556. The number of rotatable bonds is 5. The van der Waals surface area contributed by atoms with Gasteiger partial charge in [-0.15, -0.1) is 0 Å². The maximum absolute atomic E-state index is 12.3. The zero-order valence-electron chi connectivity index (χ0n) is 15.2. The van der Waals surface area contributed by atoms with Crippen LogP contribution in [0.1, 0.15) is 49.7 Å². The van der Waals surface area contributed by atoms with E-state index >= 15 is 0 Å². The Bertz CT molecular complexity index is 747. The van der Waals surface area contributed by atoms with E-state index in [1.54, 1.807) is 6.07 Å². The molecule has 0 bridgehead atoms.